The lowest BCUT2D eigenvalue weighted by Gasteiger charge is -2.18. The summed E-state index contributed by atoms with van der Waals surface area (Å²) in [6.07, 6.45) is 4.93. The van der Waals surface area contributed by atoms with Gasteiger partial charge in [-0.25, -0.2) is 0 Å². The standard InChI is InChI=1S/C13H25N5O/c1-3-5-14-11-13-12-18(16-15-13)8-7-17(6-4-2)9-10-19/h4,12,14,19H,2-3,5-11H2,1H3. The Labute approximate surface area is 115 Å². The van der Waals surface area contributed by atoms with Gasteiger partial charge in [-0.3, -0.25) is 9.58 Å². The molecule has 0 atom stereocenters. The molecule has 0 unspecified atom stereocenters. The Morgan fingerprint density at radius 1 is 1.53 bits per heavy atom. The molecule has 0 saturated heterocycles. The second-order valence-electron chi connectivity index (χ2n) is 4.46. The first-order valence-corrected chi connectivity index (χ1v) is 6.84. The Bertz CT molecular complexity index is 353. The normalized spacial score (nSPS) is 11.1. The monoisotopic (exact) mass is 267 g/mol. The minimum atomic E-state index is 0.164. The molecule has 1 heterocycles. The summed E-state index contributed by atoms with van der Waals surface area (Å²) >= 11 is 0. The zero-order valence-corrected chi connectivity index (χ0v) is 11.8. The van der Waals surface area contributed by atoms with Gasteiger partial charge in [-0.1, -0.05) is 18.2 Å². The van der Waals surface area contributed by atoms with Crippen LogP contribution in [0, 0.1) is 0 Å². The van der Waals surface area contributed by atoms with E-state index in [-0.39, 0.29) is 6.61 Å². The van der Waals surface area contributed by atoms with Crippen LogP contribution in [0.4, 0.5) is 0 Å². The number of hydrogen-bond donors (Lipinski definition) is 2. The molecule has 0 aliphatic carbocycles. The van der Waals surface area contributed by atoms with Crippen molar-refractivity contribution in [3.8, 4) is 0 Å². The highest BCUT2D eigenvalue weighted by Crippen LogP contribution is 1.95. The van der Waals surface area contributed by atoms with Crippen molar-refractivity contribution in [2.75, 3.05) is 32.8 Å². The van der Waals surface area contributed by atoms with E-state index in [9.17, 15) is 0 Å². The van der Waals surface area contributed by atoms with E-state index in [4.69, 9.17) is 5.11 Å². The Morgan fingerprint density at radius 3 is 3.05 bits per heavy atom. The van der Waals surface area contributed by atoms with Gasteiger partial charge in [0.05, 0.1) is 18.8 Å². The van der Waals surface area contributed by atoms with Gasteiger partial charge in [-0.05, 0) is 13.0 Å². The molecule has 0 saturated carbocycles. The average Bonchev–Trinajstić information content (AvgIpc) is 2.85. The molecule has 0 spiro atoms. The van der Waals surface area contributed by atoms with Crippen LogP contribution in [-0.2, 0) is 13.1 Å². The van der Waals surface area contributed by atoms with Crippen molar-refractivity contribution >= 4 is 0 Å². The number of aliphatic hydroxyl groups excluding tert-OH is 1. The second kappa shape index (κ2) is 9.66. The van der Waals surface area contributed by atoms with E-state index in [1.54, 1.807) is 0 Å². The predicted molar refractivity (Wildman–Crippen MR) is 75.7 cm³/mol. The average molecular weight is 267 g/mol. The molecule has 6 nitrogen and oxygen atoms in total. The molecule has 0 fully saturated rings. The van der Waals surface area contributed by atoms with Crippen LogP contribution in [0.2, 0.25) is 0 Å². The van der Waals surface area contributed by atoms with E-state index >= 15 is 0 Å². The SMILES string of the molecule is C=CCN(CCO)CCn1cc(CNCCC)nn1. The lowest BCUT2D eigenvalue weighted by atomic mass is 10.4. The molecule has 0 amide bonds. The van der Waals surface area contributed by atoms with Gasteiger partial charge >= 0.3 is 0 Å². The number of nitrogens with zero attached hydrogens (tertiary/aromatic N) is 4. The third kappa shape index (κ3) is 6.47. The van der Waals surface area contributed by atoms with Gasteiger partial charge in [0, 0.05) is 32.4 Å². The maximum Gasteiger partial charge on any atom is 0.0964 e. The molecule has 6 heteroatoms. The van der Waals surface area contributed by atoms with E-state index in [2.05, 4.69) is 34.0 Å². The van der Waals surface area contributed by atoms with E-state index in [1.807, 2.05) is 17.0 Å². The van der Waals surface area contributed by atoms with E-state index in [0.29, 0.717) is 6.54 Å². The van der Waals surface area contributed by atoms with Crippen LogP contribution in [0.1, 0.15) is 19.0 Å². The Hall–Kier alpha value is -1.24. The number of hydrogen-bond acceptors (Lipinski definition) is 5. The van der Waals surface area contributed by atoms with Gasteiger partial charge in [-0.2, -0.15) is 0 Å². The molecule has 1 aromatic heterocycles. The molecule has 19 heavy (non-hydrogen) atoms. The number of aliphatic hydroxyl groups is 1. The van der Waals surface area contributed by atoms with Crippen molar-refractivity contribution in [3.05, 3.63) is 24.5 Å². The summed E-state index contributed by atoms with van der Waals surface area (Å²) in [6.45, 7) is 10.8. The highest BCUT2D eigenvalue weighted by Gasteiger charge is 2.04. The Kier molecular flexibility index (Phi) is 8.04. The first-order chi connectivity index (χ1) is 9.30. The van der Waals surface area contributed by atoms with Gasteiger partial charge < -0.3 is 10.4 Å². The van der Waals surface area contributed by atoms with Crippen LogP contribution in [0.25, 0.3) is 0 Å². The molecule has 0 aromatic carbocycles. The second-order valence-corrected chi connectivity index (χ2v) is 4.46. The first-order valence-electron chi connectivity index (χ1n) is 6.84. The largest absolute Gasteiger partial charge is 0.395 e. The van der Waals surface area contributed by atoms with Crippen LogP contribution in [-0.4, -0.2) is 57.8 Å². The van der Waals surface area contributed by atoms with Crippen LogP contribution < -0.4 is 5.32 Å². The van der Waals surface area contributed by atoms with Crippen LogP contribution in [0.15, 0.2) is 18.9 Å². The highest BCUT2D eigenvalue weighted by atomic mass is 16.3. The maximum atomic E-state index is 8.97. The summed E-state index contributed by atoms with van der Waals surface area (Å²) in [5.74, 6) is 0. The van der Waals surface area contributed by atoms with Crippen molar-refractivity contribution in [1.82, 2.24) is 25.2 Å². The summed E-state index contributed by atoms with van der Waals surface area (Å²) in [7, 11) is 0. The summed E-state index contributed by atoms with van der Waals surface area (Å²) in [6, 6.07) is 0. The minimum Gasteiger partial charge on any atom is -0.395 e. The lowest BCUT2D eigenvalue weighted by Crippen LogP contribution is -2.30. The van der Waals surface area contributed by atoms with Gasteiger partial charge in [0.2, 0.25) is 0 Å². The molecular formula is C13H25N5O. The minimum absolute atomic E-state index is 0.164. The smallest absolute Gasteiger partial charge is 0.0964 e. The summed E-state index contributed by atoms with van der Waals surface area (Å²) in [4.78, 5) is 2.13. The molecular weight excluding hydrogens is 242 g/mol. The molecule has 0 bridgehead atoms. The van der Waals surface area contributed by atoms with Gasteiger partial charge in [0.25, 0.3) is 0 Å². The number of rotatable bonds is 11. The quantitative estimate of drug-likeness (QED) is 0.445. The topological polar surface area (TPSA) is 66.2 Å². The van der Waals surface area contributed by atoms with Crippen molar-refractivity contribution in [2.24, 2.45) is 0 Å². The van der Waals surface area contributed by atoms with Crippen molar-refractivity contribution in [1.29, 1.82) is 0 Å². The predicted octanol–water partition coefficient (Wildman–Crippen LogP) is 0.258. The first kappa shape index (κ1) is 15.8. The molecule has 108 valence electrons. The van der Waals surface area contributed by atoms with Crippen molar-refractivity contribution in [2.45, 2.75) is 26.4 Å². The van der Waals surface area contributed by atoms with E-state index in [0.717, 1.165) is 44.8 Å². The molecule has 1 rings (SSSR count). The third-order valence-electron chi connectivity index (χ3n) is 2.77. The van der Waals surface area contributed by atoms with E-state index in [1.165, 1.54) is 0 Å². The van der Waals surface area contributed by atoms with E-state index < -0.39 is 0 Å². The van der Waals surface area contributed by atoms with Crippen LogP contribution >= 0.6 is 0 Å². The summed E-state index contributed by atoms with van der Waals surface area (Å²) < 4.78 is 1.84. The lowest BCUT2D eigenvalue weighted by molar-refractivity contribution is 0.202. The number of nitrogens with one attached hydrogen (secondary N) is 1. The Balaban J connectivity index is 2.33. The fraction of sp³-hybridized carbons (Fsp3) is 0.692. The third-order valence-corrected chi connectivity index (χ3v) is 2.77. The number of aromatic nitrogens is 3. The zero-order chi connectivity index (χ0) is 13.9. The van der Waals surface area contributed by atoms with Crippen LogP contribution in [0.5, 0.6) is 0 Å². The maximum absolute atomic E-state index is 8.97. The Morgan fingerprint density at radius 2 is 2.37 bits per heavy atom. The highest BCUT2D eigenvalue weighted by molar-refractivity contribution is 4.91. The zero-order valence-electron chi connectivity index (χ0n) is 11.8. The van der Waals surface area contributed by atoms with Gasteiger partial charge in [0.15, 0.2) is 0 Å². The van der Waals surface area contributed by atoms with Crippen LogP contribution in [0.3, 0.4) is 0 Å². The molecule has 2 N–H and O–H groups in total. The van der Waals surface area contributed by atoms with Gasteiger partial charge in [0.1, 0.15) is 0 Å². The molecule has 0 aliphatic heterocycles. The fourth-order valence-electron chi connectivity index (χ4n) is 1.78. The fourth-order valence-corrected chi connectivity index (χ4v) is 1.78. The van der Waals surface area contributed by atoms with Crippen molar-refractivity contribution < 1.29 is 5.11 Å². The summed E-state index contributed by atoms with van der Waals surface area (Å²) in [5.41, 5.74) is 0.964. The summed E-state index contributed by atoms with van der Waals surface area (Å²) in [5, 5.41) is 20.5. The van der Waals surface area contributed by atoms with Crippen molar-refractivity contribution in [3.63, 3.8) is 0 Å². The molecule has 1 aromatic rings. The van der Waals surface area contributed by atoms with Gasteiger partial charge in [-0.15, -0.1) is 11.7 Å². The molecule has 0 radical (unpaired) electrons. The molecule has 0 aliphatic rings.